The summed E-state index contributed by atoms with van der Waals surface area (Å²) < 4.78 is 68.2. The number of phosphoric acid groups is 2. The molecule has 10 rings (SSSR count). The highest BCUT2D eigenvalue weighted by molar-refractivity contribution is 7.61. The third-order valence-electron chi connectivity index (χ3n) is 12.6. The maximum atomic E-state index is 14.1. The summed E-state index contributed by atoms with van der Waals surface area (Å²) in [5.74, 6) is -2.01. The van der Waals surface area contributed by atoms with E-state index < -0.39 is 102 Å². The van der Waals surface area contributed by atoms with Crippen molar-refractivity contribution in [2.24, 2.45) is 11.5 Å². The summed E-state index contributed by atoms with van der Waals surface area (Å²) in [6, 6.07) is 23.6. The minimum absolute atomic E-state index is 0.00136. The van der Waals surface area contributed by atoms with Crippen molar-refractivity contribution in [1.82, 2.24) is 39.0 Å². The van der Waals surface area contributed by atoms with Crippen LogP contribution in [0.1, 0.15) is 23.6 Å². The van der Waals surface area contributed by atoms with Crippen molar-refractivity contribution < 1.29 is 71.0 Å². The lowest BCUT2D eigenvalue weighted by atomic mass is 10.0. The molecule has 2 unspecified atom stereocenters. The number of rotatable bonds is 18. The van der Waals surface area contributed by atoms with Gasteiger partial charge < -0.3 is 61.9 Å². The summed E-state index contributed by atoms with van der Waals surface area (Å²) in [5.41, 5.74) is 26.8. The van der Waals surface area contributed by atoms with E-state index in [1.165, 1.54) is 21.8 Å². The summed E-state index contributed by atoms with van der Waals surface area (Å²) in [7, 11) is -11.3. The fraction of sp³-hybridized carbons (Fsp3) is 0.304. The Kier molecular flexibility index (Phi) is 14.4. The van der Waals surface area contributed by atoms with Crippen LogP contribution in [0.2, 0.25) is 0 Å². The normalized spacial score (nSPS) is 24.3. The van der Waals surface area contributed by atoms with Gasteiger partial charge in [-0.2, -0.15) is 4.31 Å². The number of hydrogen-bond acceptors (Lipinski definition) is 23. The van der Waals surface area contributed by atoms with Crippen molar-refractivity contribution in [3.05, 3.63) is 121 Å². The zero-order valence-electron chi connectivity index (χ0n) is 39.1. The summed E-state index contributed by atoms with van der Waals surface area (Å²) in [6.07, 6.45) is -8.12. The molecule has 12 N–H and O–H groups in total. The molecule has 2 saturated heterocycles. The molecule has 12 atom stereocenters. The molecule has 4 aromatic heterocycles. The van der Waals surface area contributed by atoms with Gasteiger partial charge in [0.1, 0.15) is 60.2 Å². The predicted octanol–water partition coefficient (Wildman–Crippen LogP) is 1.87. The van der Waals surface area contributed by atoms with Gasteiger partial charge in [-0.05, 0) is 45.5 Å². The Labute approximate surface area is 423 Å². The number of benzene rings is 4. The lowest BCUT2D eigenvalue weighted by molar-refractivity contribution is -0.170. The number of carbonyl (C=O) groups excluding carboxylic acids is 2. The number of imidazole rings is 2. The second-order valence-corrected chi connectivity index (χ2v) is 20.7. The van der Waals surface area contributed by atoms with Gasteiger partial charge in [-0.3, -0.25) is 27.8 Å². The molecule has 2 aliphatic rings. The number of anilines is 2. The van der Waals surface area contributed by atoms with E-state index in [9.17, 15) is 38.7 Å². The second kappa shape index (κ2) is 21.0. The van der Waals surface area contributed by atoms with Gasteiger partial charge in [-0.25, -0.2) is 39.0 Å². The van der Waals surface area contributed by atoms with E-state index in [-0.39, 0.29) is 46.8 Å². The number of nitrogens with two attached hydrogens (primary N) is 4. The van der Waals surface area contributed by atoms with Crippen molar-refractivity contribution in [2.75, 3.05) is 24.7 Å². The van der Waals surface area contributed by atoms with Gasteiger partial charge in [-0.1, -0.05) is 84.9 Å². The first-order valence-electron chi connectivity index (χ1n) is 23.0. The molecule has 8 aromatic rings. The van der Waals surface area contributed by atoms with Crippen LogP contribution in [0.4, 0.5) is 11.6 Å². The van der Waals surface area contributed by atoms with Crippen LogP contribution in [-0.4, -0.2) is 133 Å². The van der Waals surface area contributed by atoms with Crippen LogP contribution in [0, 0.1) is 0 Å². The molecule has 2 fully saturated rings. The number of nitrogen functional groups attached to an aromatic ring is 2. The van der Waals surface area contributed by atoms with Gasteiger partial charge in [-0.15, -0.1) is 0 Å². The van der Waals surface area contributed by atoms with Crippen LogP contribution in [0.3, 0.4) is 0 Å². The molecular formula is C46H48N12O15P2. The molecule has 0 radical (unpaired) electrons. The number of fused-ring (bicyclic) bond motifs is 4. The molecule has 75 heavy (non-hydrogen) atoms. The second-order valence-electron chi connectivity index (χ2n) is 17.7. The van der Waals surface area contributed by atoms with Gasteiger partial charge in [0.15, 0.2) is 47.6 Å². The van der Waals surface area contributed by atoms with Crippen LogP contribution in [-0.2, 0) is 63.9 Å². The number of nitrogens with zero attached hydrogens (tertiary/aromatic N) is 8. The van der Waals surface area contributed by atoms with Gasteiger partial charge >= 0.3 is 27.6 Å². The standard InChI is InChI=1S/C46H48N12O15P2/c47-29(15-23-9-11-25-5-1-3-7-27(25)13-23)45(61)71-37-32(18-68-75(65,66)73-74(63,64)67-17-31-35(59)36(60)43(69-31)57-21-55-33-39(49)51-19-53-41(33)57)70-44(58-22-56-34-40(50)52-20-54-42(34)58)38(37)72-46(62)30(48)16-24-10-12-26-6-2-4-8-28(26)14-24/h1-14,19-22,29-32,35-38,43-44,59-60H,15-18,47-48H2,(H,63,64)(H,65,66)(H2,49,51,53)(H2,50,52,54)/t29-,30-,31+,32+,35+,36+,37+,38+,43+,44+/m0/s1. The van der Waals surface area contributed by atoms with Crippen molar-refractivity contribution >= 4 is 83.1 Å². The number of hydrogen-bond donors (Lipinski definition) is 8. The number of carbonyl (C=O) groups is 2. The van der Waals surface area contributed by atoms with E-state index in [1.54, 1.807) is 6.07 Å². The first-order valence-corrected chi connectivity index (χ1v) is 26.0. The van der Waals surface area contributed by atoms with Crippen LogP contribution in [0.25, 0.3) is 43.9 Å². The first kappa shape index (κ1) is 51.5. The highest BCUT2D eigenvalue weighted by atomic mass is 31.3. The van der Waals surface area contributed by atoms with Crippen LogP contribution in [0.15, 0.2) is 110 Å². The molecule has 392 valence electrons. The van der Waals surface area contributed by atoms with E-state index in [4.69, 9.17) is 50.9 Å². The average Bonchev–Trinajstić information content (AvgIpc) is 4.21. The number of esters is 2. The molecule has 0 amide bonds. The maximum absolute atomic E-state index is 14.1. The minimum atomic E-state index is -5.69. The van der Waals surface area contributed by atoms with E-state index in [1.807, 2.05) is 78.9 Å². The topological polar surface area (TPSA) is 405 Å². The Balaban J connectivity index is 0.888. The zero-order valence-corrected chi connectivity index (χ0v) is 40.8. The molecule has 0 spiro atoms. The smallest absolute Gasteiger partial charge is 0.454 e. The minimum Gasteiger partial charge on any atom is -0.454 e. The third kappa shape index (κ3) is 10.9. The highest BCUT2D eigenvalue weighted by Gasteiger charge is 2.53. The fourth-order valence-corrected chi connectivity index (χ4v) is 11.0. The number of ether oxygens (including phenoxy) is 4. The zero-order chi connectivity index (χ0) is 52.8. The summed E-state index contributed by atoms with van der Waals surface area (Å²) in [5, 5.41) is 25.3. The quantitative estimate of drug-likeness (QED) is 0.0449. The molecule has 29 heteroatoms. The molecule has 2 aliphatic heterocycles. The number of phosphoric ester groups is 2. The van der Waals surface area contributed by atoms with Crippen LogP contribution >= 0.6 is 15.6 Å². The molecule has 27 nitrogen and oxygen atoms in total. The van der Waals surface area contributed by atoms with Gasteiger partial charge in [0.2, 0.25) is 0 Å². The largest absolute Gasteiger partial charge is 0.481 e. The van der Waals surface area contributed by atoms with E-state index in [0.29, 0.717) is 11.1 Å². The van der Waals surface area contributed by atoms with E-state index in [2.05, 4.69) is 34.2 Å². The Hall–Kier alpha value is -6.94. The van der Waals surface area contributed by atoms with Crippen LogP contribution < -0.4 is 22.9 Å². The molecular weight excluding hydrogens is 1020 g/mol. The highest BCUT2D eigenvalue weighted by Crippen LogP contribution is 2.61. The fourth-order valence-electron chi connectivity index (χ4n) is 8.91. The van der Waals surface area contributed by atoms with Crippen LogP contribution in [0.5, 0.6) is 0 Å². The van der Waals surface area contributed by atoms with Crippen molar-refractivity contribution in [1.29, 1.82) is 0 Å². The Morgan fingerprint density at radius 1 is 0.600 bits per heavy atom. The van der Waals surface area contributed by atoms with Gasteiger partial charge in [0.25, 0.3) is 0 Å². The van der Waals surface area contributed by atoms with Gasteiger partial charge in [0.05, 0.1) is 25.9 Å². The van der Waals surface area contributed by atoms with E-state index in [0.717, 1.165) is 34.2 Å². The lowest BCUT2D eigenvalue weighted by Crippen LogP contribution is -2.47. The molecule has 4 aromatic carbocycles. The Morgan fingerprint density at radius 3 is 1.57 bits per heavy atom. The van der Waals surface area contributed by atoms with Crippen molar-refractivity contribution in [3.63, 3.8) is 0 Å². The SMILES string of the molecule is Nc1ncnc2c1ncn2[C@@H]1O[C@H](COP(=O)(O)OP(=O)(O)OC[C@H]2O[C@@H](n3cnc4c(N)ncnc43)[C@H](OC(=O)[C@@H](N)Cc3ccc4ccccc4c3)[C@@H]2OC(=O)[C@@H](N)Cc2ccc3ccccc3c2)[C@@H](O)[C@H]1O. The first-order chi connectivity index (χ1) is 35.9. The summed E-state index contributed by atoms with van der Waals surface area (Å²) in [4.78, 5) is 74.4. The Morgan fingerprint density at radius 2 is 1.05 bits per heavy atom. The lowest BCUT2D eigenvalue weighted by Gasteiger charge is -2.27. The van der Waals surface area contributed by atoms with E-state index >= 15 is 0 Å². The Bertz CT molecular complexity index is 3540. The van der Waals surface area contributed by atoms with Crippen molar-refractivity contribution in [2.45, 2.75) is 74.0 Å². The van der Waals surface area contributed by atoms with Crippen molar-refractivity contribution in [3.8, 4) is 0 Å². The number of aromatic nitrogens is 8. The molecule has 0 saturated carbocycles. The summed E-state index contributed by atoms with van der Waals surface area (Å²) in [6.45, 7) is -2.03. The number of aliphatic hydroxyl groups excluding tert-OH is 2. The maximum Gasteiger partial charge on any atom is 0.481 e. The monoisotopic (exact) mass is 1070 g/mol. The van der Waals surface area contributed by atoms with Gasteiger partial charge in [0, 0.05) is 0 Å². The molecule has 0 aliphatic carbocycles. The molecule has 6 heterocycles. The molecule has 0 bridgehead atoms. The third-order valence-corrected chi connectivity index (χ3v) is 15.2. The predicted molar refractivity (Wildman–Crippen MR) is 263 cm³/mol. The number of aliphatic hydroxyl groups is 2. The summed E-state index contributed by atoms with van der Waals surface area (Å²) >= 11 is 0. The average molecular weight is 1070 g/mol.